The lowest BCUT2D eigenvalue weighted by Crippen LogP contribution is -1.77. The maximum atomic E-state index is 6.89. The monoisotopic (exact) mass is 150 g/mol. The third kappa shape index (κ3) is 3.53. The largest absolute Gasteiger partial charge is 0.333 e. The molecule has 1 aromatic rings. The van der Waals surface area contributed by atoms with Crippen molar-refractivity contribution in [1.29, 1.82) is 5.41 Å². The summed E-state index contributed by atoms with van der Waals surface area (Å²) in [5.41, 5.74) is 6.70. The number of hydrogen-bond acceptors (Lipinski definition) is 2. The van der Waals surface area contributed by atoms with E-state index in [9.17, 15) is 0 Å². The molecule has 0 aliphatic heterocycles. The highest BCUT2D eigenvalue weighted by Crippen LogP contribution is 1.98. The molecule has 0 bridgehead atoms. The summed E-state index contributed by atoms with van der Waals surface area (Å²) in [5.74, 6) is 0. The van der Waals surface area contributed by atoms with Gasteiger partial charge in [-0.15, -0.1) is 0 Å². The highest BCUT2D eigenvalue weighted by atomic mass is 14.4. The molecule has 11 heavy (non-hydrogen) atoms. The van der Waals surface area contributed by atoms with E-state index < -0.39 is 0 Å². The molecule has 0 aliphatic rings. The van der Waals surface area contributed by atoms with E-state index in [1.807, 2.05) is 31.2 Å². The van der Waals surface area contributed by atoms with E-state index in [-0.39, 0.29) is 0 Å². The fourth-order valence-electron chi connectivity index (χ4n) is 0.663. The van der Waals surface area contributed by atoms with Crippen molar-refractivity contribution in [3.63, 3.8) is 0 Å². The van der Waals surface area contributed by atoms with Gasteiger partial charge in [0.05, 0.1) is 0 Å². The highest BCUT2D eigenvalue weighted by Gasteiger charge is 1.83. The molecule has 1 aromatic carbocycles. The highest BCUT2D eigenvalue weighted by molar-refractivity contribution is 5.76. The molecular weight excluding hydrogens is 136 g/mol. The van der Waals surface area contributed by atoms with Gasteiger partial charge in [-0.05, 0) is 19.5 Å². The summed E-state index contributed by atoms with van der Waals surface area (Å²) in [7, 11) is 1.50. The van der Waals surface area contributed by atoms with E-state index in [2.05, 4.69) is 5.73 Å². The molecule has 0 aromatic heterocycles. The van der Waals surface area contributed by atoms with E-state index in [0.717, 1.165) is 5.56 Å². The Morgan fingerprint density at radius 1 is 1.18 bits per heavy atom. The van der Waals surface area contributed by atoms with Crippen LogP contribution in [-0.4, -0.2) is 13.3 Å². The average molecular weight is 150 g/mol. The van der Waals surface area contributed by atoms with Gasteiger partial charge in [0.1, 0.15) is 0 Å². The summed E-state index contributed by atoms with van der Waals surface area (Å²) in [6, 6.07) is 7.87. The van der Waals surface area contributed by atoms with Crippen LogP contribution in [0.3, 0.4) is 0 Å². The first-order valence-electron chi connectivity index (χ1n) is 3.48. The van der Waals surface area contributed by atoms with Crippen molar-refractivity contribution < 1.29 is 0 Å². The van der Waals surface area contributed by atoms with Gasteiger partial charge < -0.3 is 11.1 Å². The predicted octanol–water partition coefficient (Wildman–Crippen LogP) is 1.57. The Kier molecular flexibility index (Phi) is 5.03. The van der Waals surface area contributed by atoms with Crippen molar-refractivity contribution >= 4 is 6.21 Å². The molecule has 0 amide bonds. The van der Waals surface area contributed by atoms with Crippen molar-refractivity contribution in [2.24, 2.45) is 5.73 Å². The molecule has 0 fully saturated rings. The van der Waals surface area contributed by atoms with Gasteiger partial charge in [-0.1, -0.05) is 29.8 Å². The molecule has 0 spiro atoms. The van der Waals surface area contributed by atoms with E-state index in [4.69, 9.17) is 5.41 Å². The molecule has 0 saturated heterocycles. The van der Waals surface area contributed by atoms with Crippen molar-refractivity contribution in [2.45, 2.75) is 6.92 Å². The van der Waals surface area contributed by atoms with Crippen LogP contribution in [0.4, 0.5) is 0 Å². The molecule has 0 saturated carbocycles. The molecule has 0 atom stereocenters. The summed E-state index contributed by atoms with van der Waals surface area (Å²) in [6.45, 7) is 2.04. The van der Waals surface area contributed by atoms with Crippen molar-refractivity contribution in [2.75, 3.05) is 7.05 Å². The first-order valence-corrected chi connectivity index (χ1v) is 3.48. The van der Waals surface area contributed by atoms with Gasteiger partial charge in [0, 0.05) is 6.21 Å². The summed E-state index contributed by atoms with van der Waals surface area (Å²) in [4.78, 5) is 0. The zero-order valence-electron chi connectivity index (χ0n) is 6.96. The molecule has 0 radical (unpaired) electrons. The smallest absolute Gasteiger partial charge is 0.0250 e. The van der Waals surface area contributed by atoms with Crippen LogP contribution in [-0.2, 0) is 0 Å². The normalized spacial score (nSPS) is 7.91. The first kappa shape index (κ1) is 9.85. The lowest BCUT2D eigenvalue weighted by Gasteiger charge is -1.90. The minimum atomic E-state index is 0.959. The lowest BCUT2D eigenvalue weighted by molar-refractivity contribution is 1.45. The molecular formula is C9H14N2. The molecule has 2 heteroatoms. The third-order valence-corrected chi connectivity index (χ3v) is 1.24. The third-order valence-electron chi connectivity index (χ3n) is 1.24. The van der Waals surface area contributed by atoms with Crippen LogP contribution in [0.2, 0.25) is 0 Å². The summed E-state index contributed by atoms with van der Waals surface area (Å²) >= 11 is 0. The molecule has 0 aliphatic carbocycles. The Bertz CT molecular complexity index is 201. The number of benzene rings is 1. The molecule has 1 rings (SSSR count). The number of nitrogens with two attached hydrogens (primary N) is 1. The Morgan fingerprint density at radius 2 is 1.64 bits per heavy atom. The van der Waals surface area contributed by atoms with Crippen LogP contribution >= 0.6 is 0 Å². The number of rotatable bonds is 1. The maximum Gasteiger partial charge on any atom is 0.0250 e. The van der Waals surface area contributed by atoms with Gasteiger partial charge >= 0.3 is 0 Å². The minimum absolute atomic E-state index is 0.959. The van der Waals surface area contributed by atoms with Crippen molar-refractivity contribution in [3.8, 4) is 0 Å². The lowest BCUT2D eigenvalue weighted by atomic mass is 10.2. The molecule has 2 nitrogen and oxygen atoms in total. The van der Waals surface area contributed by atoms with Crippen LogP contribution in [0, 0.1) is 12.3 Å². The maximum absolute atomic E-state index is 6.89. The first-order chi connectivity index (χ1) is 5.33. The fourth-order valence-corrected chi connectivity index (χ4v) is 0.663. The van der Waals surface area contributed by atoms with Crippen LogP contribution in [0.1, 0.15) is 11.1 Å². The Morgan fingerprint density at radius 3 is 2.00 bits per heavy atom. The number of hydrogen-bond donors (Lipinski definition) is 2. The van der Waals surface area contributed by atoms with Gasteiger partial charge in [-0.2, -0.15) is 0 Å². The van der Waals surface area contributed by atoms with Crippen LogP contribution in [0.25, 0.3) is 0 Å². The van der Waals surface area contributed by atoms with Gasteiger partial charge in [0.15, 0.2) is 0 Å². The van der Waals surface area contributed by atoms with E-state index >= 15 is 0 Å². The quantitative estimate of drug-likeness (QED) is 0.586. The second kappa shape index (κ2) is 5.62. The van der Waals surface area contributed by atoms with Gasteiger partial charge in [0.2, 0.25) is 0 Å². The second-order valence-corrected chi connectivity index (χ2v) is 2.06. The zero-order valence-corrected chi connectivity index (χ0v) is 6.96. The molecule has 0 heterocycles. The SMILES string of the molecule is CN.Cc1ccc(C=N)cc1. The van der Waals surface area contributed by atoms with Gasteiger partial charge in [-0.25, -0.2) is 0 Å². The predicted molar refractivity (Wildman–Crippen MR) is 49.2 cm³/mol. The summed E-state index contributed by atoms with van der Waals surface area (Å²) in [6.07, 6.45) is 1.35. The Hall–Kier alpha value is -1.15. The standard InChI is InChI=1S/C8H9N.CH5N/c1-7-2-4-8(6-9)5-3-7;1-2/h2-6,9H,1H3;2H2,1H3. The average Bonchev–Trinajstić information content (AvgIpc) is 2.10. The zero-order chi connectivity index (χ0) is 8.69. The van der Waals surface area contributed by atoms with Crippen molar-refractivity contribution in [1.82, 2.24) is 0 Å². The van der Waals surface area contributed by atoms with Crippen LogP contribution < -0.4 is 5.73 Å². The summed E-state index contributed by atoms with van der Waals surface area (Å²) < 4.78 is 0. The van der Waals surface area contributed by atoms with Crippen LogP contribution in [0.5, 0.6) is 0 Å². The fraction of sp³-hybridized carbons (Fsp3) is 0.222. The molecule has 60 valence electrons. The van der Waals surface area contributed by atoms with Crippen molar-refractivity contribution in [3.05, 3.63) is 35.4 Å². The van der Waals surface area contributed by atoms with Gasteiger partial charge in [-0.3, -0.25) is 0 Å². The van der Waals surface area contributed by atoms with Crippen LogP contribution in [0.15, 0.2) is 24.3 Å². The molecule has 3 N–H and O–H groups in total. The number of aryl methyl sites for hydroxylation is 1. The Labute approximate surface area is 67.6 Å². The topological polar surface area (TPSA) is 49.9 Å². The van der Waals surface area contributed by atoms with E-state index in [1.54, 1.807) is 0 Å². The van der Waals surface area contributed by atoms with E-state index in [0.29, 0.717) is 0 Å². The minimum Gasteiger partial charge on any atom is -0.333 e. The second-order valence-electron chi connectivity index (χ2n) is 2.06. The number of nitrogens with one attached hydrogen (secondary N) is 1. The van der Waals surface area contributed by atoms with Gasteiger partial charge in [0.25, 0.3) is 0 Å². The summed E-state index contributed by atoms with van der Waals surface area (Å²) in [5, 5.41) is 6.89. The molecule has 0 unspecified atom stereocenters. The Balaban J connectivity index is 0.000000461. The van der Waals surface area contributed by atoms with E-state index in [1.165, 1.54) is 18.8 Å².